The molecule has 1 saturated heterocycles. The average molecular weight is 315 g/mol. The van der Waals surface area contributed by atoms with Crippen molar-refractivity contribution in [2.45, 2.75) is 32.6 Å². The fourth-order valence-corrected chi connectivity index (χ4v) is 3.60. The molecule has 3 rings (SSSR count). The zero-order valence-electron chi connectivity index (χ0n) is 12.9. The normalized spacial score (nSPS) is 17.9. The molecule has 22 heavy (non-hydrogen) atoms. The van der Waals surface area contributed by atoms with E-state index in [9.17, 15) is 4.79 Å². The van der Waals surface area contributed by atoms with E-state index < -0.39 is 0 Å². The number of amides is 1. The summed E-state index contributed by atoms with van der Waals surface area (Å²) in [6, 6.07) is 6.03. The Balaban J connectivity index is 1.46. The Kier molecular flexibility index (Phi) is 4.83. The van der Waals surface area contributed by atoms with Crippen LogP contribution >= 0.6 is 11.3 Å². The lowest BCUT2D eigenvalue weighted by molar-refractivity contribution is -0.130. The van der Waals surface area contributed by atoms with Gasteiger partial charge in [0.1, 0.15) is 0 Å². The molecule has 1 aliphatic rings. The Bertz CT molecular complexity index is 626. The van der Waals surface area contributed by atoms with Crippen LogP contribution in [0.1, 0.15) is 29.2 Å². The Morgan fingerprint density at radius 3 is 3.05 bits per heavy atom. The number of aryl methyl sites for hydroxylation is 2. The van der Waals surface area contributed by atoms with Crippen LogP contribution in [-0.4, -0.2) is 33.9 Å². The van der Waals surface area contributed by atoms with Crippen molar-refractivity contribution in [1.29, 1.82) is 0 Å². The van der Waals surface area contributed by atoms with Gasteiger partial charge in [0.25, 0.3) is 0 Å². The van der Waals surface area contributed by atoms with Gasteiger partial charge in [0.05, 0.1) is 10.7 Å². The van der Waals surface area contributed by atoms with Gasteiger partial charge in [0, 0.05) is 36.8 Å². The van der Waals surface area contributed by atoms with Crippen LogP contribution in [0.3, 0.4) is 0 Å². The third kappa shape index (κ3) is 3.91. The Morgan fingerprint density at radius 1 is 1.41 bits per heavy atom. The van der Waals surface area contributed by atoms with Gasteiger partial charge < -0.3 is 4.90 Å². The summed E-state index contributed by atoms with van der Waals surface area (Å²) in [5, 5.41) is 3.12. The first-order valence-electron chi connectivity index (χ1n) is 7.79. The first-order chi connectivity index (χ1) is 10.7. The lowest BCUT2D eigenvalue weighted by Gasteiger charge is -2.16. The van der Waals surface area contributed by atoms with E-state index in [1.807, 2.05) is 30.2 Å². The van der Waals surface area contributed by atoms with Crippen molar-refractivity contribution in [3.63, 3.8) is 0 Å². The van der Waals surface area contributed by atoms with Crippen LogP contribution in [0.15, 0.2) is 29.8 Å². The molecule has 0 radical (unpaired) electrons. The minimum Gasteiger partial charge on any atom is -0.342 e. The summed E-state index contributed by atoms with van der Waals surface area (Å²) in [6.07, 6.45) is 5.21. The van der Waals surface area contributed by atoms with Crippen LogP contribution in [0.4, 0.5) is 0 Å². The molecule has 0 spiro atoms. The second-order valence-corrected chi connectivity index (χ2v) is 6.94. The molecule has 1 atom stereocenters. The van der Waals surface area contributed by atoms with Gasteiger partial charge in [-0.1, -0.05) is 6.07 Å². The third-order valence-corrected chi connectivity index (χ3v) is 4.95. The van der Waals surface area contributed by atoms with Crippen LogP contribution in [-0.2, 0) is 17.6 Å². The molecule has 1 fully saturated rings. The summed E-state index contributed by atoms with van der Waals surface area (Å²) in [5.41, 5.74) is 2.17. The highest BCUT2D eigenvalue weighted by atomic mass is 32.1. The Morgan fingerprint density at radius 2 is 2.32 bits per heavy atom. The van der Waals surface area contributed by atoms with Gasteiger partial charge in [-0.25, -0.2) is 4.98 Å². The lowest BCUT2D eigenvalue weighted by atomic mass is 10.0. The molecule has 1 amide bonds. The van der Waals surface area contributed by atoms with Crippen molar-refractivity contribution < 1.29 is 4.79 Å². The van der Waals surface area contributed by atoms with Crippen molar-refractivity contribution in [2.75, 3.05) is 13.1 Å². The third-order valence-electron chi connectivity index (χ3n) is 4.12. The average Bonchev–Trinajstić information content (AvgIpc) is 3.15. The van der Waals surface area contributed by atoms with Gasteiger partial charge in [-0.05, 0) is 44.2 Å². The van der Waals surface area contributed by atoms with E-state index in [-0.39, 0.29) is 5.91 Å². The van der Waals surface area contributed by atoms with Crippen molar-refractivity contribution in [2.24, 2.45) is 5.92 Å². The fraction of sp³-hybridized carbons (Fsp3) is 0.471. The van der Waals surface area contributed by atoms with E-state index in [2.05, 4.69) is 21.4 Å². The van der Waals surface area contributed by atoms with Crippen LogP contribution in [0, 0.1) is 12.8 Å². The predicted octanol–water partition coefficient (Wildman–Crippen LogP) is 2.87. The van der Waals surface area contributed by atoms with Gasteiger partial charge in [-0.2, -0.15) is 0 Å². The molecule has 1 aliphatic heterocycles. The van der Waals surface area contributed by atoms with Crippen molar-refractivity contribution in [3.05, 3.63) is 46.2 Å². The van der Waals surface area contributed by atoms with E-state index >= 15 is 0 Å². The summed E-state index contributed by atoms with van der Waals surface area (Å²) in [7, 11) is 0. The topological polar surface area (TPSA) is 46.1 Å². The minimum absolute atomic E-state index is 0.258. The number of thiazole rings is 1. The molecule has 2 aromatic rings. The number of nitrogens with zero attached hydrogens (tertiary/aromatic N) is 3. The summed E-state index contributed by atoms with van der Waals surface area (Å²) in [6.45, 7) is 3.75. The van der Waals surface area contributed by atoms with Crippen molar-refractivity contribution >= 4 is 17.2 Å². The quantitative estimate of drug-likeness (QED) is 0.852. The predicted molar refractivity (Wildman–Crippen MR) is 87.8 cm³/mol. The molecule has 0 aromatic carbocycles. The standard InChI is InChI=1S/C17H21N3OS/c1-13-19-16(12-22-13)5-6-17(21)20-9-7-14(11-20)10-15-4-2-3-8-18-15/h2-4,8,12,14H,5-7,9-11H2,1H3. The van der Waals surface area contributed by atoms with E-state index in [0.717, 1.165) is 48.7 Å². The molecule has 116 valence electrons. The number of hydrogen-bond donors (Lipinski definition) is 0. The number of aromatic nitrogens is 2. The second kappa shape index (κ2) is 7.01. The van der Waals surface area contributed by atoms with Crippen LogP contribution in [0.2, 0.25) is 0 Å². The lowest BCUT2D eigenvalue weighted by Crippen LogP contribution is -2.29. The van der Waals surface area contributed by atoms with E-state index in [1.54, 1.807) is 11.3 Å². The summed E-state index contributed by atoms with van der Waals surface area (Å²) < 4.78 is 0. The molecular formula is C17H21N3OS. The van der Waals surface area contributed by atoms with Gasteiger partial charge >= 0.3 is 0 Å². The van der Waals surface area contributed by atoms with E-state index in [1.165, 1.54) is 0 Å². The first-order valence-corrected chi connectivity index (χ1v) is 8.67. The van der Waals surface area contributed by atoms with Crippen molar-refractivity contribution in [1.82, 2.24) is 14.9 Å². The van der Waals surface area contributed by atoms with Crippen LogP contribution in [0.25, 0.3) is 0 Å². The maximum Gasteiger partial charge on any atom is 0.222 e. The second-order valence-electron chi connectivity index (χ2n) is 5.88. The maximum absolute atomic E-state index is 12.3. The highest BCUT2D eigenvalue weighted by Crippen LogP contribution is 2.21. The molecular weight excluding hydrogens is 294 g/mol. The number of likely N-dealkylation sites (tertiary alicyclic amines) is 1. The summed E-state index contributed by atoms with van der Waals surface area (Å²) >= 11 is 1.65. The van der Waals surface area contributed by atoms with Crippen molar-refractivity contribution in [3.8, 4) is 0 Å². The Labute approximate surface area is 135 Å². The number of hydrogen-bond acceptors (Lipinski definition) is 4. The fourth-order valence-electron chi connectivity index (χ4n) is 2.96. The SMILES string of the molecule is Cc1nc(CCC(=O)N2CCC(Cc3ccccn3)C2)cs1. The van der Waals surface area contributed by atoms with Crippen LogP contribution in [0.5, 0.6) is 0 Å². The molecule has 0 bridgehead atoms. The van der Waals surface area contributed by atoms with Gasteiger partial charge in [-0.15, -0.1) is 11.3 Å². The molecule has 3 heterocycles. The highest BCUT2D eigenvalue weighted by Gasteiger charge is 2.26. The zero-order valence-corrected chi connectivity index (χ0v) is 13.7. The van der Waals surface area contributed by atoms with Gasteiger partial charge in [0.2, 0.25) is 5.91 Å². The molecule has 0 aliphatic carbocycles. The molecule has 1 unspecified atom stereocenters. The molecule has 4 nitrogen and oxygen atoms in total. The monoisotopic (exact) mass is 315 g/mol. The number of pyridine rings is 1. The Hall–Kier alpha value is -1.75. The molecule has 0 N–H and O–H groups in total. The maximum atomic E-state index is 12.3. The van der Waals surface area contributed by atoms with Gasteiger partial charge in [-0.3, -0.25) is 9.78 Å². The molecule has 0 saturated carbocycles. The van der Waals surface area contributed by atoms with E-state index in [0.29, 0.717) is 12.3 Å². The number of carbonyl (C=O) groups is 1. The minimum atomic E-state index is 0.258. The number of carbonyl (C=O) groups excluding carboxylic acids is 1. The zero-order chi connectivity index (χ0) is 15.4. The molecule has 5 heteroatoms. The summed E-state index contributed by atoms with van der Waals surface area (Å²) in [4.78, 5) is 23.1. The number of rotatable bonds is 5. The largest absolute Gasteiger partial charge is 0.342 e. The highest BCUT2D eigenvalue weighted by molar-refractivity contribution is 7.09. The first kappa shape index (κ1) is 15.2. The smallest absolute Gasteiger partial charge is 0.222 e. The summed E-state index contributed by atoms with van der Waals surface area (Å²) in [5.74, 6) is 0.801. The van der Waals surface area contributed by atoms with Gasteiger partial charge in [0.15, 0.2) is 0 Å². The molecule has 2 aromatic heterocycles. The van der Waals surface area contributed by atoms with Crippen LogP contribution < -0.4 is 0 Å². The van der Waals surface area contributed by atoms with E-state index in [4.69, 9.17) is 0 Å².